The van der Waals surface area contributed by atoms with Crippen LogP contribution in [0.5, 0.6) is 0 Å². The minimum Gasteiger partial charge on any atom is -0.444 e. The highest BCUT2D eigenvalue weighted by Crippen LogP contribution is 2.25. The zero-order valence-electron chi connectivity index (χ0n) is 21.7. The first kappa shape index (κ1) is 28.1. The monoisotopic (exact) mass is 563 g/mol. The lowest BCUT2D eigenvalue weighted by Crippen LogP contribution is -2.58. The summed E-state index contributed by atoms with van der Waals surface area (Å²) < 4.78 is 5.71. The Kier molecular flexibility index (Phi) is 8.54. The summed E-state index contributed by atoms with van der Waals surface area (Å²) in [7, 11) is 0. The molecule has 1 aromatic heterocycles. The van der Waals surface area contributed by atoms with E-state index >= 15 is 0 Å². The molecule has 11 heteroatoms. The molecule has 9 nitrogen and oxygen atoms in total. The summed E-state index contributed by atoms with van der Waals surface area (Å²) in [6, 6.07) is 21.2. The number of fused-ring (bicyclic) bond motifs is 1. The van der Waals surface area contributed by atoms with E-state index in [1.54, 1.807) is 39.0 Å². The van der Waals surface area contributed by atoms with Crippen LogP contribution in [-0.4, -0.2) is 34.1 Å². The molecule has 0 spiro atoms. The maximum absolute atomic E-state index is 13.8. The van der Waals surface area contributed by atoms with Gasteiger partial charge in [-0.2, -0.15) is 4.90 Å². The summed E-state index contributed by atoms with van der Waals surface area (Å²) in [5, 5.41) is 11.3. The standard InChI is InChI=1S/C28H29N5O4S2/c1-17(2)22(30-24(35)28(3,29)21-14-13-19-11-7-8-12-20(19)15-21)23(34)33(25-31-32-26(38)39-25)27(36)37-16-18-9-5-4-6-10-18/h4-15,17,22H,16,29H2,1-3H3,(H,30,35)(H,32,38)/t22-,28+/m0/s1. The second-order valence-corrected chi connectivity index (χ2v) is 11.2. The molecular formula is C28H29N5O4S2. The molecule has 4 N–H and O–H groups in total. The molecule has 0 bridgehead atoms. The molecule has 0 saturated carbocycles. The number of hydrogen-bond donors (Lipinski definition) is 3. The van der Waals surface area contributed by atoms with Crippen LogP contribution in [0.15, 0.2) is 72.8 Å². The first-order valence-electron chi connectivity index (χ1n) is 12.3. The third kappa shape index (κ3) is 6.39. The number of aromatic amines is 1. The number of ether oxygens (including phenoxy) is 1. The van der Waals surface area contributed by atoms with Crippen LogP contribution in [0.3, 0.4) is 0 Å². The van der Waals surface area contributed by atoms with Gasteiger partial charge in [-0.05, 0) is 53.0 Å². The second kappa shape index (κ2) is 11.9. The normalized spacial score (nSPS) is 13.5. The van der Waals surface area contributed by atoms with Crippen molar-refractivity contribution in [2.45, 2.75) is 39.0 Å². The van der Waals surface area contributed by atoms with Gasteiger partial charge in [0.1, 0.15) is 18.2 Å². The smallest absolute Gasteiger partial charge is 0.423 e. The first-order chi connectivity index (χ1) is 18.6. The van der Waals surface area contributed by atoms with E-state index in [4.69, 9.17) is 22.7 Å². The fourth-order valence-electron chi connectivity index (χ4n) is 3.95. The van der Waals surface area contributed by atoms with E-state index in [0.29, 0.717) is 5.56 Å². The van der Waals surface area contributed by atoms with E-state index < -0.39 is 35.4 Å². The number of carbonyl (C=O) groups is 3. The Morgan fingerprint density at radius 2 is 1.74 bits per heavy atom. The van der Waals surface area contributed by atoms with Gasteiger partial charge in [0.25, 0.3) is 5.91 Å². The maximum atomic E-state index is 13.8. The molecule has 0 unspecified atom stereocenters. The van der Waals surface area contributed by atoms with Crippen molar-refractivity contribution < 1.29 is 19.1 Å². The lowest BCUT2D eigenvalue weighted by atomic mass is 9.89. The number of H-pyrrole nitrogens is 1. The molecule has 39 heavy (non-hydrogen) atoms. The number of benzene rings is 3. The number of imide groups is 1. The summed E-state index contributed by atoms with van der Waals surface area (Å²) in [5.41, 5.74) is 6.39. The van der Waals surface area contributed by atoms with Crippen LogP contribution in [0.25, 0.3) is 10.8 Å². The van der Waals surface area contributed by atoms with Gasteiger partial charge in [0.2, 0.25) is 11.0 Å². The summed E-state index contributed by atoms with van der Waals surface area (Å²) in [4.78, 5) is 41.3. The SMILES string of the molecule is CC(C)[C@H](NC(=O)[C@](C)(N)c1ccc2ccccc2c1)C(=O)N(C(=O)OCc1ccccc1)c1n[nH]c(=S)s1. The van der Waals surface area contributed by atoms with Gasteiger partial charge < -0.3 is 15.8 Å². The molecule has 4 aromatic rings. The number of nitrogens with zero attached hydrogens (tertiary/aromatic N) is 2. The molecule has 202 valence electrons. The number of aromatic nitrogens is 2. The topological polar surface area (TPSA) is 130 Å². The van der Waals surface area contributed by atoms with Crippen LogP contribution in [0.1, 0.15) is 31.9 Å². The van der Waals surface area contributed by atoms with Gasteiger partial charge in [0.05, 0.1) is 0 Å². The van der Waals surface area contributed by atoms with Crippen molar-refractivity contribution in [3.63, 3.8) is 0 Å². The molecular weight excluding hydrogens is 534 g/mol. The summed E-state index contributed by atoms with van der Waals surface area (Å²) in [6.45, 7) is 5.04. The molecule has 0 aliphatic rings. The number of nitrogens with two attached hydrogens (primary N) is 1. The van der Waals surface area contributed by atoms with Crippen LogP contribution in [0.2, 0.25) is 0 Å². The number of carbonyl (C=O) groups excluding carboxylic acids is 3. The number of rotatable bonds is 8. The Morgan fingerprint density at radius 1 is 1.08 bits per heavy atom. The van der Waals surface area contributed by atoms with Crippen molar-refractivity contribution in [2.24, 2.45) is 11.7 Å². The van der Waals surface area contributed by atoms with Gasteiger partial charge >= 0.3 is 6.09 Å². The predicted molar refractivity (Wildman–Crippen MR) is 154 cm³/mol. The largest absolute Gasteiger partial charge is 0.444 e. The molecule has 0 aliphatic heterocycles. The van der Waals surface area contributed by atoms with Crippen molar-refractivity contribution in [2.75, 3.05) is 4.90 Å². The second-order valence-electron chi connectivity index (χ2n) is 9.57. The van der Waals surface area contributed by atoms with Gasteiger partial charge in [0, 0.05) is 0 Å². The van der Waals surface area contributed by atoms with Gasteiger partial charge in [-0.1, -0.05) is 91.9 Å². The third-order valence-electron chi connectivity index (χ3n) is 6.27. The van der Waals surface area contributed by atoms with Gasteiger partial charge in [-0.25, -0.2) is 4.79 Å². The van der Waals surface area contributed by atoms with Gasteiger partial charge in [-0.3, -0.25) is 14.7 Å². The van der Waals surface area contributed by atoms with E-state index in [1.165, 1.54) is 0 Å². The average molecular weight is 564 g/mol. The molecule has 0 saturated heterocycles. The molecule has 1 heterocycles. The van der Waals surface area contributed by atoms with Crippen molar-refractivity contribution in [1.82, 2.24) is 15.5 Å². The Labute approximate surface area is 235 Å². The Morgan fingerprint density at radius 3 is 2.38 bits per heavy atom. The molecule has 0 fully saturated rings. The highest BCUT2D eigenvalue weighted by atomic mass is 32.1. The van der Waals surface area contributed by atoms with Crippen LogP contribution in [-0.2, 0) is 26.5 Å². The minimum atomic E-state index is -1.46. The zero-order chi connectivity index (χ0) is 28.2. The quantitative estimate of drug-likeness (QED) is 0.256. The van der Waals surface area contributed by atoms with E-state index in [0.717, 1.165) is 32.6 Å². The minimum absolute atomic E-state index is 0.00741. The summed E-state index contributed by atoms with van der Waals surface area (Å²) >= 11 is 6.05. The average Bonchev–Trinajstić information content (AvgIpc) is 3.35. The third-order valence-corrected chi connectivity index (χ3v) is 7.34. The van der Waals surface area contributed by atoms with Crippen molar-refractivity contribution in [3.8, 4) is 0 Å². The fraction of sp³-hybridized carbons (Fsp3) is 0.250. The predicted octanol–water partition coefficient (Wildman–Crippen LogP) is 5.04. The summed E-state index contributed by atoms with van der Waals surface area (Å²) in [5.74, 6) is -1.69. The Balaban J connectivity index is 1.59. The van der Waals surface area contributed by atoms with Crippen molar-refractivity contribution in [1.29, 1.82) is 0 Å². The van der Waals surface area contributed by atoms with E-state index in [9.17, 15) is 14.4 Å². The number of amides is 3. The lowest BCUT2D eigenvalue weighted by Gasteiger charge is -2.30. The summed E-state index contributed by atoms with van der Waals surface area (Å²) in [6.07, 6.45) is -0.938. The van der Waals surface area contributed by atoms with Crippen LogP contribution in [0.4, 0.5) is 9.93 Å². The lowest BCUT2D eigenvalue weighted by molar-refractivity contribution is -0.131. The first-order valence-corrected chi connectivity index (χ1v) is 13.5. The van der Waals surface area contributed by atoms with E-state index in [1.807, 2.05) is 54.6 Å². The molecule has 0 radical (unpaired) electrons. The van der Waals surface area contributed by atoms with Crippen molar-refractivity contribution in [3.05, 3.63) is 87.9 Å². The molecule has 3 aromatic carbocycles. The number of hydrogen-bond acceptors (Lipinski definition) is 8. The maximum Gasteiger partial charge on any atom is 0.423 e. The highest BCUT2D eigenvalue weighted by molar-refractivity contribution is 7.73. The fourth-order valence-corrected chi connectivity index (χ4v) is 4.82. The molecule has 3 amide bonds. The van der Waals surface area contributed by atoms with Crippen LogP contribution >= 0.6 is 23.6 Å². The van der Waals surface area contributed by atoms with E-state index in [2.05, 4.69) is 15.5 Å². The Bertz CT molecular complexity index is 1550. The number of nitrogens with one attached hydrogen (secondary N) is 2. The molecule has 2 atom stereocenters. The van der Waals surface area contributed by atoms with E-state index in [-0.39, 0.29) is 15.7 Å². The zero-order valence-corrected chi connectivity index (χ0v) is 23.3. The highest BCUT2D eigenvalue weighted by Gasteiger charge is 2.39. The molecule has 4 rings (SSSR count). The van der Waals surface area contributed by atoms with Gasteiger partial charge in [-0.15, -0.1) is 5.10 Å². The number of anilines is 1. The van der Waals surface area contributed by atoms with Gasteiger partial charge in [0.15, 0.2) is 3.95 Å². The molecule has 0 aliphatic carbocycles. The van der Waals surface area contributed by atoms with Crippen molar-refractivity contribution >= 4 is 57.4 Å². The van der Waals surface area contributed by atoms with Crippen LogP contribution in [0, 0.1) is 9.87 Å². The van der Waals surface area contributed by atoms with Crippen LogP contribution < -0.4 is 16.0 Å². The Hall–Kier alpha value is -3.93.